The third kappa shape index (κ3) is 7.50. The summed E-state index contributed by atoms with van der Waals surface area (Å²) in [4.78, 5) is 6.86. The highest BCUT2D eigenvalue weighted by molar-refractivity contribution is 5.67. The Bertz CT molecular complexity index is 1810. The molecule has 0 saturated heterocycles. The standard InChI is InChI=1S/C45H39N3O/c49-45-37(34-47(41-23-11-3-12-24-41)42-25-13-4-14-26-42)31-36(33-46(39-19-7-1-8-20-39)40-21-9-2-10-22-40)32-38(45)35-48(43-27-15-5-16-28-43)44-29-17-6-18-30-44/h1-32,49H,33-35H2. The van der Waals surface area contributed by atoms with Crippen molar-refractivity contribution in [3.8, 4) is 5.75 Å². The molecule has 4 nitrogen and oxygen atoms in total. The molecule has 4 heteroatoms. The molecule has 0 aromatic heterocycles. The molecule has 0 saturated carbocycles. The lowest BCUT2D eigenvalue weighted by molar-refractivity contribution is 0.460. The summed E-state index contributed by atoms with van der Waals surface area (Å²) < 4.78 is 0. The van der Waals surface area contributed by atoms with Crippen molar-refractivity contribution in [2.45, 2.75) is 19.6 Å². The summed E-state index contributed by atoms with van der Waals surface area (Å²) in [5.74, 6) is 0.309. The van der Waals surface area contributed by atoms with Gasteiger partial charge in [-0.25, -0.2) is 0 Å². The number of phenols is 1. The highest BCUT2D eigenvalue weighted by Crippen LogP contribution is 2.37. The van der Waals surface area contributed by atoms with Crippen molar-refractivity contribution in [1.82, 2.24) is 0 Å². The van der Waals surface area contributed by atoms with Gasteiger partial charge in [0.05, 0.1) is 13.1 Å². The summed E-state index contributed by atoms with van der Waals surface area (Å²) in [6, 6.07) is 66.9. The van der Waals surface area contributed by atoms with E-state index in [-0.39, 0.29) is 0 Å². The van der Waals surface area contributed by atoms with E-state index in [2.05, 4.69) is 172 Å². The van der Waals surface area contributed by atoms with Gasteiger partial charge < -0.3 is 19.8 Å². The minimum absolute atomic E-state index is 0.309. The largest absolute Gasteiger partial charge is 0.507 e. The van der Waals surface area contributed by atoms with Gasteiger partial charge in [0.2, 0.25) is 0 Å². The third-order valence-electron chi connectivity index (χ3n) is 8.73. The molecule has 0 spiro atoms. The zero-order chi connectivity index (χ0) is 33.3. The molecule has 7 rings (SSSR count). The van der Waals surface area contributed by atoms with Crippen LogP contribution in [0.3, 0.4) is 0 Å². The van der Waals surface area contributed by atoms with Crippen LogP contribution in [0, 0.1) is 0 Å². The minimum Gasteiger partial charge on any atom is -0.507 e. The SMILES string of the molecule is Oc1c(CN(c2ccccc2)c2ccccc2)cc(CN(c2ccccc2)c2ccccc2)cc1CN(c1ccccc1)c1ccccc1. The molecule has 0 amide bonds. The Morgan fingerprint density at radius 3 is 0.776 bits per heavy atom. The topological polar surface area (TPSA) is 30.0 Å². The van der Waals surface area contributed by atoms with E-state index >= 15 is 0 Å². The summed E-state index contributed by atoms with van der Waals surface area (Å²) in [5, 5.41) is 12.2. The molecule has 0 fully saturated rings. The van der Waals surface area contributed by atoms with Gasteiger partial charge in [0.1, 0.15) is 5.75 Å². The van der Waals surface area contributed by atoms with Gasteiger partial charge in [-0.1, -0.05) is 109 Å². The van der Waals surface area contributed by atoms with Gasteiger partial charge >= 0.3 is 0 Å². The first-order chi connectivity index (χ1) is 24.2. The molecule has 0 aliphatic heterocycles. The fourth-order valence-electron chi connectivity index (χ4n) is 6.33. The van der Waals surface area contributed by atoms with Gasteiger partial charge in [0.15, 0.2) is 0 Å². The van der Waals surface area contributed by atoms with Crippen LogP contribution in [0.4, 0.5) is 34.1 Å². The molecule has 0 aliphatic rings. The Kier molecular flexibility index (Phi) is 9.66. The molecule has 0 bridgehead atoms. The van der Waals surface area contributed by atoms with E-state index in [0.29, 0.717) is 25.4 Å². The summed E-state index contributed by atoms with van der Waals surface area (Å²) in [7, 11) is 0. The normalized spacial score (nSPS) is 10.8. The van der Waals surface area contributed by atoms with Crippen LogP contribution in [-0.2, 0) is 19.6 Å². The average molecular weight is 638 g/mol. The van der Waals surface area contributed by atoms with Gasteiger partial charge in [-0.15, -0.1) is 0 Å². The van der Waals surface area contributed by atoms with Crippen LogP contribution < -0.4 is 14.7 Å². The maximum Gasteiger partial charge on any atom is 0.125 e. The monoisotopic (exact) mass is 637 g/mol. The Hall–Kier alpha value is -6.26. The molecule has 7 aromatic rings. The van der Waals surface area contributed by atoms with E-state index in [0.717, 1.165) is 50.8 Å². The lowest BCUT2D eigenvalue weighted by atomic mass is 10.0. The lowest BCUT2D eigenvalue weighted by Gasteiger charge is -2.30. The van der Waals surface area contributed by atoms with Gasteiger partial charge in [0, 0.05) is 51.8 Å². The third-order valence-corrected chi connectivity index (χ3v) is 8.73. The number of para-hydroxylation sites is 6. The van der Waals surface area contributed by atoms with Crippen molar-refractivity contribution >= 4 is 34.1 Å². The van der Waals surface area contributed by atoms with Crippen molar-refractivity contribution in [1.29, 1.82) is 0 Å². The van der Waals surface area contributed by atoms with Crippen LogP contribution in [0.15, 0.2) is 194 Å². The number of benzene rings is 7. The Labute approximate surface area is 289 Å². The van der Waals surface area contributed by atoms with Gasteiger partial charge in [-0.2, -0.15) is 0 Å². The first-order valence-electron chi connectivity index (χ1n) is 16.7. The molecular formula is C45H39N3O. The first-order valence-corrected chi connectivity index (χ1v) is 16.7. The van der Waals surface area contributed by atoms with Crippen LogP contribution in [0.5, 0.6) is 5.75 Å². The smallest absolute Gasteiger partial charge is 0.125 e. The van der Waals surface area contributed by atoms with E-state index in [1.165, 1.54) is 0 Å². The summed E-state index contributed by atoms with van der Waals surface area (Å²) in [6.07, 6.45) is 0. The summed E-state index contributed by atoms with van der Waals surface area (Å²) in [5.41, 5.74) is 9.29. The number of anilines is 6. The Morgan fingerprint density at radius 1 is 0.306 bits per heavy atom. The zero-order valence-electron chi connectivity index (χ0n) is 27.4. The molecule has 0 aliphatic carbocycles. The van der Waals surface area contributed by atoms with Gasteiger partial charge in [0.25, 0.3) is 0 Å². The average Bonchev–Trinajstić information content (AvgIpc) is 3.18. The molecule has 7 aromatic carbocycles. The Morgan fingerprint density at radius 2 is 0.531 bits per heavy atom. The number of hydrogen-bond acceptors (Lipinski definition) is 4. The fourth-order valence-corrected chi connectivity index (χ4v) is 6.33. The van der Waals surface area contributed by atoms with Crippen molar-refractivity contribution in [2.24, 2.45) is 0 Å². The Balaban J connectivity index is 1.35. The number of hydrogen-bond donors (Lipinski definition) is 1. The summed E-state index contributed by atoms with van der Waals surface area (Å²) >= 11 is 0. The van der Waals surface area contributed by atoms with Crippen LogP contribution in [0.2, 0.25) is 0 Å². The molecule has 1 N–H and O–H groups in total. The van der Waals surface area contributed by atoms with Crippen LogP contribution >= 0.6 is 0 Å². The van der Waals surface area contributed by atoms with Crippen LogP contribution in [0.25, 0.3) is 0 Å². The van der Waals surface area contributed by atoms with Crippen molar-refractivity contribution < 1.29 is 5.11 Å². The number of aromatic hydroxyl groups is 1. The highest BCUT2D eigenvalue weighted by Gasteiger charge is 2.20. The van der Waals surface area contributed by atoms with Gasteiger partial charge in [-0.05, 0) is 90.5 Å². The van der Waals surface area contributed by atoms with E-state index in [1.54, 1.807) is 0 Å². The van der Waals surface area contributed by atoms with Crippen LogP contribution in [0.1, 0.15) is 16.7 Å². The lowest BCUT2D eigenvalue weighted by Crippen LogP contribution is -2.21. The molecule has 0 radical (unpaired) electrons. The van der Waals surface area contributed by atoms with Crippen molar-refractivity contribution in [3.63, 3.8) is 0 Å². The van der Waals surface area contributed by atoms with Gasteiger partial charge in [-0.3, -0.25) is 0 Å². The molecule has 0 atom stereocenters. The fraction of sp³-hybridized carbons (Fsp3) is 0.0667. The number of phenolic OH excluding ortho intramolecular Hbond substituents is 1. The molecular weight excluding hydrogens is 599 g/mol. The minimum atomic E-state index is 0.309. The maximum atomic E-state index is 12.2. The number of rotatable bonds is 12. The molecule has 0 heterocycles. The molecule has 240 valence electrons. The predicted octanol–water partition coefficient (Wildman–Crippen LogP) is 11.4. The van der Waals surface area contributed by atoms with E-state index in [9.17, 15) is 5.11 Å². The van der Waals surface area contributed by atoms with Crippen LogP contribution in [-0.4, -0.2) is 5.11 Å². The maximum absolute atomic E-state index is 12.2. The van der Waals surface area contributed by atoms with E-state index < -0.39 is 0 Å². The first kappa shape index (κ1) is 31.3. The molecule has 49 heavy (non-hydrogen) atoms. The summed E-state index contributed by atoms with van der Waals surface area (Å²) in [6.45, 7) is 1.61. The van der Waals surface area contributed by atoms with Crippen molar-refractivity contribution in [2.75, 3.05) is 14.7 Å². The second-order valence-corrected chi connectivity index (χ2v) is 12.0. The van der Waals surface area contributed by atoms with E-state index in [1.807, 2.05) is 36.4 Å². The highest BCUT2D eigenvalue weighted by atomic mass is 16.3. The number of nitrogens with zero attached hydrogens (tertiary/aromatic N) is 3. The second kappa shape index (κ2) is 15.1. The quantitative estimate of drug-likeness (QED) is 0.144. The second-order valence-electron chi connectivity index (χ2n) is 12.0. The van der Waals surface area contributed by atoms with E-state index in [4.69, 9.17) is 0 Å². The molecule has 0 unspecified atom stereocenters. The predicted molar refractivity (Wildman–Crippen MR) is 204 cm³/mol. The van der Waals surface area contributed by atoms with Crippen molar-refractivity contribution in [3.05, 3.63) is 211 Å². The zero-order valence-corrected chi connectivity index (χ0v) is 27.4.